The van der Waals surface area contributed by atoms with Crippen LogP contribution in [-0.2, 0) is 4.74 Å². The maximum atomic E-state index is 9.85. The number of carbonyl (C=O) groups is 1. The number of ether oxygens (including phenoxy) is 1. The molecule has 3 N–H and O–H groups in total. The second kappa shape index (κ2) is 7.52. The maximum absolute atomic E-state index is 9.85. The fourth-order valence-electron chi connectivity index (χ4n) is 0.254. The van der Waals surface area contributed by atoms with Crippen molar-refractivity contribution >= 4 is 18.5 Å². The van der Waals surface area contributed by atoms with Crippen LogP contribution in [0.5, 0.6) is 0 Å². The van der Waals surface area contributed by atoms with Gasteiger partial charge < -0.3 is 15.8 Å². The highest BCUT2D eigenvalue weighted by Gasteiger charge is 1.88. The third-order valence-corrected chi connectivity index (χ3v) is 0.596. The smallest absolute Gasteiger partial charge is 0.404 e. The van der Waals surface area contributed by atoms with Crippen molar-refractivity contribution in [1.29, 1.82) is 0 Å². The molecule has 0 aliphatic rings. The number of carbonyl (C=O) groups excluding carboxylic acids is 1. The first kappa shape index (κ1) is 11.3. The summed E-state index contributed by atoms with van der Waals surface area (Å²) in [5, 5.41) is 2.79. The zero-order valence-corrected chi connectivity index (χ0v) is 6.03. The summed E-state index contributed by atoms with van der Waals surface area (Å²) in [4.78, 5) is 9.85. The van der Waals surface area contributed by atoms with Crippen LogP contribution < -0.4 is 11.1 Å². The Balaban J connectivity index is 0. The molecule has 9 heavy (non-hydrogen) atoms. The lowest BCUT2D eigenvalue weighted by Crippen LogP contribution is -2.20. The van der Waals surface area contributed by atoms with Crippen molar-refractivity contribution in [1.82, 2.24) is 5.32 Å². The predicted octanol–water partition coefficient (Wildman–Crippen LogP) is -0.277. The van der Waals surface area contributed by atoms with Crippen molar-refractivity contribution in [3.63, 3.8) is 0 Å². The van der Waals surface area contributed by atoms with Gasteiger partial charge in [0.1, 0.15) is 6.61 Å². The van der Waals surface area contributed by atoms with Gasteiger partial charge in [0.2, 0.25) is 0 Å². The van der Waals surface area contributed by atoms with Crippen LogP contribution in [-0.4, -0.2) is 26.3 Å². The van der Waals surface area contributed by atoms with Crippen LogP contribution in [0, 0.1) is 0 Å². The minimum atomic E-state index is -0.722. The Morgan fingerprint density at radius 3 is 2.67 bits per heavy atom. The zero-order chi connectivity index (χ0) is 6.41. The summed E-state index contributed by atoms with van der Waals surface area (Å²) in [6, 6.07) is 0. The number of nitrogens with one attached hydrogen (secondary N) is 1. The van der Waals surface area contributed by atoms with Gasteiger partial charge in [0.25, 0.3) is 0 Å². The number of halogens is 1. The third-order valence-electron chi connectivity index (χ3n) is 0.596. The summed E-state index contributed by atoms with van der Waals surface area (Å²) in [6.07, 6.45) is -0.722. The van der Waals surface area contributed by atoms with Crippen LogP contribution >= 0.6 is 12.4 Å². The van der Waals surface area contributed by atoms with E-state index >= 15 is 0 Å². The Morgan fingerprint density at radius 2 is 2.33 bits per heavy atom. The van der Waals surface area contributed by atoms with Crippen LogP contribution in [0.15, 0.2) is 0 Å². The van der Waals surface area contributed by atoms with E-state index in [1.165, 1.54) is 0 Å². The molecule has 0 saturated carbocycles. The minimum absolute atomic E-state index is 0. The Morgan fingerprint density at radius 1 is 1.78 bits per heavy atom. The summed E-state index contributed by atoms with van der Waals surface area (Å²) in [7, 11) is 1.77. The molecule has 0 unspecified atom stereocenters. The number of likely N-dealkylation sites (N-methyl/N-ethyl adjacent to an activating group) is 1. The topological polar surface area (TPSA) is 64.3 Å². The maximum Gasteiger partial charge on any atom is 0.404 e. The van der Waals surface area contributed by atoms with E-state index in [2.05, 4.69) is 15.8 Å². The fourth-order valence-corrected chi connectivity index (χ4v) is 0.254. The largest absolute Gasteiger partial charge is 0.448 e. The van der Waals surface area contributed by atoms with Gasteiger partial charge in [0.15, 0.2) is 0 Å². The van der Waals surface area contributed by atoms with Crippen LogP contribution in [0.4, 0.5) is 4.79 Å². The van der Waals surface area contributed by atoms with Crippen LogP contribution in [0.3, 0.4) is 0 Å². The Labute approximate surface area is 60.2 Å². The average Bonchev–Trinajstić information content (AvgIpc) is 1.66. The van der Waals surface area contributed by atoms with Gasteiger partial charge in [0, 0.05) is 6.54 Å². The molecule has 1 amide bonds. The molecular weight excluding hydrogens is 144 g/mol. The van der Waals surface area contributed by atoms with Gasteiger partial charge in [-0.05, 0) is 7.05 Å². The molecule has 4 nitrogen and oxygen atoms in total. The summed E-state index contributed by atoms with van der Waals surface area (Å²) in [5.74, 6) is 0. The van der Waals surface area contributed by atoms with Gasteiger partial charge in [-0.3, -0.25) is 0 Å². The number of nitrogens with two attached hydrogens (primary N) is 1. The molecule has 0 spiro atoms. The van der Waals surface area contributed by atoms with E-state index in [9.17, 15) is 4.79 Å². The predicted molar refractivity (Wildman–Crippen MR) is 36.7 cm³/mol. The molecule has 0 aromatic rings. The van der Waals surface area contributed by atoms with Crippen molar-refractivity contribution in [3.05, 3.63) is 0 Å². The van der Waals surface area contributed by atoms with E-state index in [4.69, 9.17) is 0 Å². The molecule has 0 saturated heterocycles. The van der Waals surface area contributed by atoms with Gasteiger partial charge >= 0.3 is 6.09 Å². The van der Waals surface area contributed by atoms with E-state index < -0.39 is 6.09 Å². The highest BCUT2D eigenvalue weighted by molar-refractivity contribution is 5.85. The monoisotopic (exact) mass is 154 g/mol. The molecule has 5 heteroatoms. The van der Waals surface area contributed by atoms with Crippen LogP contribution in [0.1, 0.15) is 0 Å². The summed E-state index contributed by atoms with van der Waals surface area (Å²) < 4.78 is 4.36. The molecule has 0 atom stereocenters. The Hall–Kier alpha value is -0.480. The molecule has 0 radical (unpaired) electrons. The SMILES string of the molecule is CNCCOC(N)=O.Cl. The van der Waals surface area contributed by atoms with Crippen molar-refractivity contribution in [2.24, 2.45) is 5.73 Å². The highest BCUT2D eigenvalue weighted by Crippen LogP contribution is 1.68. The van der Waals surface area contributed by atoms with E-state index in [0.717, 1.165) is 0 Å². The number of amides is 1. The second-order valence-corrected chi connectivity index (χ2v) is 1.27. The molecule has 0 rings (SSSR count). The van der Waals surface area contributed by atoms with Gasteiger partial charge in [-0.2, -0.15) is 0 Å². The molecule has 0 aromatic heterocycles. The number of hydrogen-bond acceptors (Lipinski definition) is 3. The molecule has 0 fully saturated rings. The van der Waals surface area contributed by atoms with Crippen LogP contribution in [0.2, 0.25) is 0 Å². The quantitative estimate of drug-likeness (QED) is 0.550. The third kappa shape index (κ3) is 11.2. The molecular formula is C4H11ClN2O2. The van der Waals surface area contributed by atoms with Crippen molar-refractivity contribution in [3.8, 4) is 0 Å². The molecule has 0 aromatic carbocycles. The van der Waals surface area contributed by atoms with Crippen LogP contribution in [0.25, 0.3) is 0 Å². The Bertz CT molecular complexity index is 79.0. The molecule has 56 valence electrons. The lowest BCUT2D eigenvalue weighted by atomic mass is 10.7. The normalized spacial score (nSPS) is 7.67. The Kier molecular flexibility index (Phi) is 9.47. The second-order valence-electron chi connectivity index (χ2n) is 1.27. The fraction of sp³-hybridized carbons (Fsp3) is 0.750. The zero-order valence-electron chi connectivity index (χ0n) is 5.22. The first-order valence-corrected chi connectivity index (χ1v) is 2.34. The van der Waals surface area contributed by atoms with Crippen molar-refractivity contribution < 1.29 is 9.53 Å². The standard InChI is InChI=1S/C4H10N2O2.ClH/c1-6-2-3-8-4(5)7;/h6H,2-3H2,1H3,(H2,5,7);1H. The molecule has 0 aliphatic carbocycles. The van der Waals surface area contributed by atoms with E-state index in [1.54, 1.807) is 7.05 Å². The van der Waals surface area contributed by atoms with Gasteiger partial charge in [0.05, 0.1) is 0 Å². The van der Waals surface area contributed by atoms with Gasteiger partial charge in [-0.15, -0.1) is 12.4 Å². The highest BCUT2D eigenvalue weighted by atomic mass is 35.5. The minimum Gasteiger partial charge on any atom is -0.448 e. The summed E-state index contributed by atoms with van der Waals surface area (Å²) in [5.41, 5.74) is 4.64. The molecule has 0 heterocycles. The van der Waals surface area contributed by atoms with Crippen molar-refractivity contribution in [2.75, 3.05) is 20.2 Å². The summed E-state index contributed by atoms with van der Waals surface area (Å²) >= 11 is 0. The van der Waals surface area contributed by atoms with E-state index in [-0.39, 0.29) is 12.4 Å². The van der Waals surface area contributed by atoms with E-state index in [0.29, 0.717) is 13.2 Å². The lowest BCUT2D eigenvalue weighted by Gasteiger charge is -1.97. The summed E-state index contributed by atoms with van der Waals surface area (Å²) in [6.45, 7) is 0.981. The average molecular weight is 155 g/mol. The van der Waals surface area contributed by atoms with Gasteiger partial charge in [-0.25, -0.2) is 4.79 Å². The number of hydrogen-bond donors (Lipinski definition) is 2. The first-order valence-electron chi connectivity index (χ1n) is 2.34. The lowest BCUT2D eigenvalue weighted by molar-refractivity contribution is 0.158. The number of primary amides is 1. The number of rotatable bonds is 3. The first-order chi connectivity index (χ1) is 3.77. The van der Waals surface area contributed by atoms with E-state index in [1.807, 2.05) is 0 Å². The van der Waals surface area contributed by atoms with Crippen molar-refractivity contribution in [2.45, 2.75) is 0 Å². The molecule has 0 aliphatic heterocycles. The van der Waals surface area contributed by atoms with Gasteiger partial charge in [-0.1, -0.05) is 0 Å². The molecule has 0 bridgehead atoms.